The van der Waals surface area contributed by atoms with Crippen molar-refractivity contribution >= 4 is 23.5 Å². The molecule has 3 rings (SSSR count). The molecule has 0 amide bonds. The second-order valence-electron chi connectivity index (χ2n) is 6.04. The fourth-order valence-electron chi connectivity index (χ4n) is 2.81. The molecule has 2 heterocycles. The van der Waals surface area contributed by atoms with Crippen LogP contribution in [-0.2, 0) is 7.05 Å². The molecule has 7 heteroatoms. The Morgan fingerprint density at radius 1 is 1.29 bits per heavy atom. The highest BCUT2D eigenvalue weighted by Gasteiger charge is 2.24. The van der Waals surface area contributed by atoms with Gasteiger partial charge in [-0.15, -0.1) is 0 Å². The fourth-order valence-corrected chi connectivity index (χ4v) is 4.05. The summed E-state index contributed by atoms with van der Waals surface area (Å²) in [5, 5.41) is 4.84. The van der Waals surface area contributed by atoms with E-state index in [0.29, 0.717) is 5.02 Å². The van der Waals surface area contributed by atoms with Gasteiger partial charge >= 0.3 is 0 Å². The zero-order chi connectivity index (χ0) is 17.3. The summed E-state index contributed by atoms with van der Waals surface area (Å²) >= 11 is 7.53. The zero-order valence-corrected chi connectivity index (χ0v) is 15.6. The van der Waals surface area contributed by atoms with Gasteiger partial charge < -0.3 is 4.74 Å². The van der Waals surface area contributed by atoms with Crippen molar-refractivity contribution in [2.24, 2.45) is 7.05 Å². The quantitative estimate of drug-likeness (QED) is 0.748. The maximum absolute atomic E-state index is 13.8. The van der Waals surface area contributed by atoms with E-state index < -0.39 is 5.82 Å². The number of hydrogen-bond acceptors (Lipinski definition) is 4. The van der Waals surface area contributed by atoms with Gasteiger partial charge in [-0.3, -0.25) is 4.68 Å². The molecular weight excluding hydrogens is 349 g/mol. The van der Waals surface area contributed by atoms with Crippen LogP contribution >= 0.6 is 23.5 Å². The van der Waals surface area contributed by atoms with Gasteiger partial charge in [0.15, 0.2) is 11.6 Å². The zero-order valence-electron chi connectivity index (χ0n) is 14.1. The van der Waals surface area contributed by atoms with Crippen molar-refractivity contribution in [2.45, 2.75) is 37.7 Å². The van der Waals surface area contributed by atoms with Gasteiger partial charge in [0.25, 0.3) is 0 Å². The molecule has 1 aromatic heterocycles. The van der Waals surface area contributed by atoms with E-state index in [1.807, 2.05) is 18.7 Å². The van der Waals surface area contributed by atoms with Gasteiger partial charge in [-0.1, -0.05) is 11.6 Å². The maximum atomic E-state index is 13.8. The van der Waals surface area contributed by atoms with Gasteiger partial charge in [-0.25, -0.2) is 8.70 Å². The molecule has 0 saturated carbocycles. The van der Waals surface area contributed by atoms with Crippen LogP contribution in [0.25, 0.3) is 0 Å². The van der Waals surface area contributed by atoms with E-state index in [9.17, 15) is 4.39 Å². The lowest BCUT2D eigenvalue weighted by Crippen LogP contribution is -2.34. The van der Waals surface area contributed by atoms with Crippen molar-refractivity contribution in [1.82, 2.24) is 14.1 Å². The number of aromatic nitrogens is 2. The highest BCUT2D eigenvalue weighted by atomic mass is 35.5. The first-order valence-corrected chi connectivity index (χ1v) is 9.14. The van der Waals surface area contributed by atoms with Gasteiger partial charge in [0, 0.05) is 25.2 Å². The minimum absolute atomic E-state index is 0.0358. The van der Waals surface area contributed by atoms with Crippen LogP contribution in [0.2, 0.25) is 5.02 Å². The molecule has 0 unspecified atom stereocenters. The van der Waals surface area contributed by atoms with Gasteiger partial charge in [0.1, 0.15) is 6.10 Å². The first-order valence-electron chi connectivity index (χ1n) is 7.99. The Balaban J connectivity index is 1.56. The molecule has 0 radical (unpaired) electrons. The number of piperidine rings is 1. The minimum Gasteiger partial charge on any atom is -0.487 e. The summed E-state index contributed by atoms with van der Waals surface area (Å²) in [5.74, 6) is -0.120. The lowest BCUT2D eigenvalue weighted by molar-refractivity contribution is 0.133. The minimum atomic E-state index is -0.402. The third-order valence-corrected chi connectivity index (χ3v) is 5.88. The molecule has 24 heavy (non-hydrogen) atoms. The number of rotatable bonds is 4. The molecule has 0 spiro atoms. The van der Waals surface area contributed by atoms with Crippen LogP contribution in [0, 0.1) is 19.7 Å². The van der Waals surface area contributed by atoms with Gasteiger partial charge in [0.2, 0.25) is 0 Å². The number of ether oxygens (including phenoxy) is 1. The van der Waals surface area contributed by atoms with Gasteiger partial charge in [-0.2, -0.15) is 5.10 Å². The average molecular weight is 370 g/mol. The normalized spacial score (nSPS) is 16.5. The molecule has 1 aliphatic rings. The molecule has 130 valence electrons. The van der Waals surface area contributed by atoms with Crippen LogP contribution in [0.5, 0.6) is 5.75 Å². The third-order valence-electron chi connectivity index (χ3n) is 4.25. The summed E-state index contributed by atoms with van der Waals surface area (Å²) in [5.41, 5.74) is 2.24. The monoisotopic (exact) mass is 369 g/mol. The Morgan fingerprint density at radius 2 is 2.00 bits per heavy atom. The first-order chi connectivity index (χ1) is 11.4. The molecule has 1 saturated heterocycles. The van der Waals surface area contributed by atoms with Crippen LogP contribution in [0.1, 0.15) is 24.2 Å². The molecule has 0 aliphatic carbocycles. The van der Waals surface area contributed by atoms with Crippen LogP contribution in [-0.4, -0.2) is 33.3 Å². The lowest BCUT2D eigenvalue weighted by Gasteiger charge is -2.31. The van der Waals surface area contributed by atoms with E-state index in [1.54, 1.807) is 24.1 Å². The van der Waals surface area contributed by atoms with Crippen molar-refractivity contribution in [2.75, 3.05) is 13.1 Å². The predicted molar refractivity (Wildman–Crippen MR) is 95.2 cm³/mol. The van der Waals surface area contributed by atoms with Crippen molar-refractivity contribution in [3.05, 3.63) is 40.4 Å². The van der Waals surface area contributed by atoms with Crippen LogP contribution in [0.3, 0.4) is 0 Å². The molecule has 1 aromatic carbocycles. The number of nitrogens with zero attached hydrogens (tertiary/aromatic N) is 3. The SMILES string of the molecule is Cc1nn(C)c(C)c1SN1CCC(Oc2ccc(Cl)cc2F)CC1. The summed E-state index contributed by atoms with van der Waals surface area (Å²) in [6.07, 6.45) is 1.77. The summed E-state index contributed by atoms with van der Waals surface area (Å²) < 4.78 is 23.9. The van der Waals surface area contributed by atoms with Crippen molar-refractivity contribution in [3.63, 3.8) is 0 Å². The van der Waals surface area contributed by atoms with Crippen molar-refractivity contribution in [3.8, 4) is 5.75 Å². The topological polar surface area (TPSA) is 30.3 Å². The van der Waals surface area contributed by atoms with E-state index >= 15 is 0 Å². The molecule has 4 nitrogen and oxygen atoms in total. The summed E-state index contributed by atoms with van der Waals surface area (Å²) in [4.78, 5) is 1.22. The summed E-state index contributed by atoms with van der Waals surface area (Å²) in [7, 11) is 1.97. The van der Waals surface area contributed by atoms with Gasteiger partial charge in [-0.05, 0) is 56.8 Å². The maximum Gasteiger partial charge on any atom is 0.166 e. The van der Waals surface area contributed by atoms with Crippen molar-refractivity contribution < 1.29 is 9.13 Å². The van der Waals surface area contributed by atoms with Crippen LogP contribution < -0.4 is 4.74 Å². The number of hydrogen-bond donors (Lipinski definition) is 0. The predicted octanol–water partition coefficient (Wildman–Crippen LogP) is 4.38. The molecule has 1 aliphatic heterocycles. The third kappa shape index (κ3) is 3.87. The van der Waals surface area contributed by atoms with E-state index in [0.717, 1.165) is 31.6 Å². The average Bonchev–Trinajstić information content (AvgIpc) is 2.78. The second kappa shape index (κ2) is 7.33. The largest absolute Gasteiger partial charge is 0.487 e. The number of benzene rings is 1. The molecule has 2 aromatic rings. The Labute approximate surface area is 151 Å². The Bertz CT molecular complexity index is 729. The van der Waals surface area contributed by atoms with Crippen molar-refractivity contribution in [1.29, 1.82) is 0 Å². The molecule has 0 bridgehead atoms. The second-order valence-corrected chi connectivity index (χ2v) is 7.58. The van der Waals surface area contributed by atoms with E-state index in [4.69, 9.17) is 16.3 Å². The number of halogens is 2. The highest BCUT2D eigenvalue weighted by molar-refractivity contribution is 7.97. The molecular formula is C17H21ClFN3OS. The number of aryl methyl sites for hydroxylation is 2. The fraction of sp³-hybridized carbons (Fsp3) is 0.471. The van der Waals surface area contributed by atoms with Crippen LogP contribution in [0.4, 0.5) is 4.39 Å². The summed E-state index contributed by atoms with van der Waals surface area (Å²) in [6.45, 7) is 5.92. The van der Waals surface area contributed by atoms with E-state index in [1.165, 1.54) is 16.7 Å². The van der Waals surface area contributed by atoms with Gasteiger partial charge in [0.05, 0.1) is 16.3 Å². The molecule has 0 atom stereocenters. The van der Waals surface area contributed by atoms with E-state index in [2.05, 4.69) is 16.3 Å². The summed E-state index contributed by atoms with van der Waals surface area (Å²) in [6, 6.07) is 4.54. The Morgan fingerprint density at radius 3 is 2.58 bits per heavy atom. The lowest BCUT2D eigenvalue weighted by atomic mass is 10.1. The van der Waals surface area contributed by atoms with E-state index in [-0.39, 0.29) is 11.9 Å². The standard InChI is InChI=1S/C17H21ClFN3OS/c1-11-17(12(2)21(3)20-11)24-22-8-6-14(7-9-22)23-16-5-4-13(18)10-15(16)19/h4-5,10,14H,6-9H2,1-3H3. The Hall–Kier alpha value is -1.24. The molecule has 1 fully saturated rings. The molecule has 0 N–H and O–H groups in total. The smallest absolute Gasteiger partial charge is 0.166 e. The highest BCUT2D eigenvalue weighted by Crippen LogP contribution is 2.32. The first kappa shape index (κ1) is 17.6. The Kier molecular flexibility index (Phi) is 5.37. The van der Waals surface area contributed by atoms with Crippen LogP contribution in [0.15, 0.2) is 23.1 Å².